The lowest BCUT2D eigenvalue weighted by Crippen LogP contribution is -2.23. The van der Waals surface area contributed by atoms with Gasteiger partial charge in [-0.1, -0.05) is 0 Å². The van der Waals surface area contributed by atoms with Crippen LogP contribution in [0.15, 0.2) is 17.0 Å². The van der Waals surface area contributed by atoms with E-state index >= 15 is 0 Å². The molecule has 0 aliphatic carbocycles. The molecular formula is C14H21NO6S. The second-order valence-corrected chi connectivity index (χ2v) is 6.56. The predicted octanol–water partition coefficient (Wildman–Crippen LogP) is 1.52. The van der Waals surface area contributed by atoms with Crippen molar-refractivity contribution in [3.05, 3.63) is 17.7 Å². The number of rotatable bonds is 7. The molecule has 0 N–H and O–H groups in total. The van der Waals surface area contributed by atoms with Crippen LogP contribution in [0.1, 0.15) is 24.2 Å². The highest BCUT2D eigenvalue weighted by Crippen LogP contribution is 2.34. The van der Waals surface area contributed by atoms with Crippen LogP contribution in [-0.4, -0.2) is 53.1 Å². The van der Waals surface area contributed by atoms with Gasteiger partial charge in [-0.05, 0) is 19.9 Å². The first-order valence-corrected chi connectivity index (χ1v) is 8.18. The number of nitrogens with zero attached hydrogens (tertiary/aromatic N) is 1. The van der Waals surface area contributed by atoms with E-state index in [1.165, 1.54) is 33.3 Å². The van der Waals surface area contributed by atoms with Gasteiger partial charge >= 0.3 is 5.97 Å². The van der Waals surface area contributed by atoms with Crippen molar-refractivity contribution >= 4 is 16.0 Å². The fraction of sp³-hybridized carbons (Fsp3) is 0.500. The summed E-state index contributed by atoms with van der Waals surface area (Å²) in [5.74, 6) is -0.329. The second-order valence-electron chi connectivity index (χ2n) is 4.44. The van der Waals surface area contributed by atoms with E-state index < -0.39 is 16.0 Å². The van der Waals surface area contributed by atoms with Crippen LogP contribution in [0.3, 0.4) is 0 Å². The molecule has 0 atom stereocenters. The van der Waals surface area contributed by atoms with Crippen LogP contribution >= 0.6 is 0 Å². The van der Waals surface area contributed by atoms with Gasteiger partial charge in [-0.15, -0.1) is 0 Å². The number of carbonyl (C=O) groups excluding carboxylic acids is 1. The molecule has 0 saturated heterocycles. The summed E-state index contributed by atoms with van der Waals surface area (Å²) in [4.78, 5) is 11.9. The van der Waals surface area contributed by atoms with Crippen LogP contribution in [-0.2, 0) is 14.8 Å². The SMILES string of the molecule is CCOC(=O)c1cc(S(=O)(=O)N(C)C)c(OC)cc1OCC. The largest absolute Gasteiger partial charge is 0.495 e. The highest BCUT2D eigenvalue weighted by molar-refractivity contribution is 7.89. The molecule has 0 saturated carbocycles. The molecule has 0 bridgehead atoms. The fourth-order valence-electron chi connectivity index (χ4n) is 1.74. The van der Waals surface area contributed by atoms with Crippen LogP contribution in [0, 0.1) is 0 Å². The van der Waals surface area contributed by atoms with Gasteiger partial charge in [0.05, 0.1) is 20.3 Å². The number of sulfonamides is 1. The quantitative estimate of drug-likeness (QED) is 0.705. The first kappa shape index (κ1) is 18.2. The smallest absolute Gasteiger partial charge is 0.341 e. The van der Waals surface area contributed by atoms with E-state index in [9.17, 15) is 13.2 Å². The van der Waals surface area contributed by atoms with E-state index in [-0.39, 0.29) is 28.6 Å². The third kappa shape index (κ3) is 3.69. The third-order valence-corrected chi connectivity index (χ3v) is 4.66. The monoisotopic (exact) mass is 331 g/mol. The zero-order chi connectivity index (χ0) is 16.9. The van der Waals surface area contributed by atoms with Crippen molar-refractivity contribution in [2.24, 2.45) is 0 Å². The van der Waals surface area contributed by atoms with Crippen LogP contribution in [0.2, 0.25) is 0 Å². The molecule has 0 aliphatic heterocycles. The summed E-state index contributed by atoms with van der Waals surface area (Å²) in [6.07, 6.45) is 0. The number of methoxy groups -OCH3 is 1. The molecule has 0 heterocycles. The molecule has 0 unspecified atom stereocenters. The van der Waals surface area contributed by atoms with Crippen LogP contribution in [0.25, 0.3) is 0 Å². The maximum Gasteiger partial charge on any atom is 0.341 e. The number of benzene rings is 1. The average Bonchev–Trinajstić information content (AvgIpc) is 2.46. The molecule has 1 rings (SSSR count). The summed E-state index contributed by atoms with van der Waals surface area (Å²) in [6.45, 7) is 3.91. The van der Waals surface area contributed by atoms with Gasteiger partial charge in [-0.2, -0.15) is 0 Å². The summed E-state index contributed by atoms with van der Waals surface area (Å²) in [5, 5.41) is 0. The molecule has 124 valence electrons. The standard InChI is InChI=1S/C14H21NO6S/c1-6-20-11-9-12(19-5)13(22(17,18)15(3)4)8-10(11)14(16)21-7-2/h8-9H,6-7H2,1-5H3. The lowest BCUT2D eigenvalue weighted by molar-refractivity contribution is 0.0521. The van der Waals surface area contributed by atoms with Crippen LogP contribution < -0.4 is 9.47 Å². The predicted molar refractivity (Wildman–Crippen MR) is 81.0 cm³/mol. The van der Waals surface area contributed by atoms with Crippen LogP contribution in [0.5, 0.6) is 11.5 Å². The number of hydrogen-bond acceptors (Lipinski definition) is 6. The Kier molecular flexibility index (Phi) is 6.19. The minimum atomic E-state index is -3.78. The van der Waals surface area contributed by atoms with Gasteiger partial charge in [0.15, 0.2) is 0 Å². The number of esters is 1. The first-order chi connectivity index (χ1) is 10.3. The van der Waals surface area contributed by atoms with Crippen molar-refractivity contribution in [1.82, 2.24) is 4.31 Å². The maximum atomic E-state index is 12.4. The third-order valence-electron chi connectivity index (χ3n) is 2.82. The van der Waals surface area contributed by atoms with Gasteiger partial charge in [-0.3, -0.25) is 0 Å². The Morgan fingerprint density at radius 3 is 2.23 bits per heavy atom. The highest BCUT2D eigenvalue weighted by atomic mass is 32.2. The van der Waals surface area contributed by atoms with E-state index in [0.717, 1.165) is 4.31 Å². The molecule has 8 heteroatoms. The van der Waals surface area contributed by atoms with Gasteiger partial charge in [-0.25, -0.2) is 17.5 Å². The average molecular weight is 331 g/mol. The van der Waals surface area contributed by atoms with E-state index in [0.29, 0.717) is 6.61 Å². The molecule has 22 heavy (non-hydrogen) atoms. The van der Waals surface area contributed by atoms with E-state index in [2.05, 4.69) is 0 Å². The topological polar surface area (TPSA) is 82.1 Å². The summed E-state index contributed by atoms with van der Waals surface area (Å²) in [7, 11) is 0.370. The Balaban J connectivity index is 3.58. The van der Waals surface area contributed by atoms with Gasteiger partial charge in [0.25, 0.3) is 0 Å². The van der Waals surface area contributed by atoms with Crippen molar-refractivity contribution in [2.45, 2.75) is 18.7 Å². The summed E-state index contributed by atoms with van der Waals surface area (Å²) < 4.78 is 41.2. The zero-order valence-electron chi connectivity index (χ0n) is 13.4. The molecule has 0 spiro atoms. The molecule has 1 aromatic rings. The van der Waals surface area contributed by atoms with Crippen molar-refractivity contribution in [3.63, 3.8) is 0 Å². The lowest BCUT2D eigenvalue weighted by atomic mass is 10.2. The summed E-state index contributed by atoms with van der Waals surface area (Å²) in [6, 6.07) is 2.60. The Morgan fingerprint density at radius 2 is 1.77 bits per heavy atom. The van der Waals surface area contributed by atoms with Crippen molar-refractivity contribution < 1.29 is 27.4 Å². The molecular weight excluding hydrogens is 310 g/mol. The second kappa shape index (κ2) is 7.46. The number of hydrogen-bond donors (Lipinski definition) is 0. The molecule has 0 amide bonds. The van der Waals surface area contributed by atoms with Crippen LogP contribution in [0.4, 0.5) is 0 Å². The molecule has 1 aromatic carbocycles. The van der Waals surface area contributed by atoms with Gasteiger partial charge < -0.3 is 14.2 Å². The lowest BCUT2D eigenvalue weighted by Gasteiger charge is -2.17. The Labute approximate surface area is 130 Å². The molecule has 0 fully saturated rings. The number of ether oxygens (including phenoxy) is 3. The number of carbonyl (C=O) groups is 1. The molecule has 0 radical (unpaired) electrons. The summed E-state index contributed by atoms with van der Waals surface area (Å²) in [5.41, 5.74) is 0.0462. The Morgan fingerprint density at radius 1 is 1.14 bits per heavy atom. The fourth-order valence-corrected chi connectivity index (χ4v) is 2.80. The van der Waals surface area contributed by atoms with E-state index in [4.69, 9.17) is 14.2 Å². The molecule has 0 aromatic heterocycles. The molecule has 7 nitrogen and oxygen atoms in total. The van der Waals surface area contributed by atoms with Gasteiger partial charge in [0, 0.05) is 20.2 Å². The Bertz CT molecular complexity index is 639. The van der Waals surface area contributed by atoms with Gasteiger partial charge in [0.2, 0.25) is 10.0 Å². The normalized spacial score (nSPS) is 11.4. The van der Waals surface area contributed by atoms with Crippen molar-refractivity contribution in [3.8, 4) is 11.5 Å². The first-order valence-electron chi connectivity index (χ1n) is 6.74. The zero-order valence-corrected chi connectivity index (χ0v) is 14.2. The van der Waals surface area contributed by atoms with E-state index in [1.807, 2.05) is 0 Å². The van der Waals surface area contributed by atoms with Crippen molar-refractivity contribution in [2.75, 3.05) is 34.4 Å². The minimum Gasteiger partial charge on any atom is -0.495 e. The molecule has 0 aliphatic rings. The van der Waals surface area contributed by atoms with Crippen molar-refractivity contribution in [1.29, 1.82) is 0 Å². The Hall–Kier alpha value is -1.80. The maximum absolute atomic E-state index is 12.4. The minimum absolute atomic E-state index is 0.0462. The summed E-state index contributed by atoms with van der Waals surface area (Å²) >= 11 is 0. The highest BCUT2D eigenvalue weighted by Gasteiger charge is 2.27. The van der Waals surface area contributed by atoms with E-state index in [1.54, 1.807) is 13.8 Å². The van der Waals surface area contributed by atoms with Gasteiger partial charge in [0.1, 0.15) is 22.0 Å².